The number of hydrogen-bond acceptors (Lipinski definition) is 1. The monoisotopic (exact) mass is 243 g/mol. The lowest BCUT2D eigenvalue weighted by molar-refractivity contribution is 0.377. The van der Waals surface area contributed by atoms with E-state index in [4.69, 9.17) is 5.73 Å². The van der Waals surface area contributed by atoms with E-state index in [1.165, 1.54) is 30.4 Å². The molecular formula is C17H25N. The minimum atomic E-state index is 0.312. The van der Waals surface area contributed by atoms with Crippen molar-refractivity contribution in [1.29, 1.82) is 0 Å². The first-order chi connectivity index (χ1) is 8.50. The van der Waals surface area contributed by atoms with E-state index in [1.54, 1.807) is 5.57 Å². The zero-order chi connectivity index (χ0) is 13.2. The van der Waals surface area contributed by atoms with Crippen molar-refractivity contribution in [1.82, 2.24) is 0 Å². The maximum absolute atomic E-state index is 6.06. The van der Waals surface area contributed by atoms with Gasteiger partial charge in [0.2, 0.25) is 0 Å². The van der Waals surface area contributed by atoms with Crippen LogP contribution in [0.5, 0.6) is 0 Å². The Bertz CT molecular complexity index is 444. The Hall–Kier alpha value is -1.24. The lowest BCUT2D eigenvalue weighted by Crippen LogP contribution is -2.19. The molecule has 0 aliphatic heterocycles. The summed E-state index contributed by atoms with van der Waals surface area (Å²) in [5.41, 5.74) is 11.6. The van der Waals surface area contributed by atoms with Gasteiger partial charge in [0.25, 0.3) is 0 Å². The van der Waals surface area contributed by atoms with E-state index >= 15 is 0 Å². The summed E-state index contributed by atoms with van der Waals surface area (Å²) >= 11 is 0. The van der Waals surface area contributed by atoms with Crippen LogP contribution in [0.1, 0.15) is 52.9 Å². The molecule has 0 atom stereocenters. The van der Waals surface area contributed by atoms with Gasteiger partial charge in [0.15, 0.2) is 0 Å². The molecule has 18 heavy (non-hydrogen) atoms. The van der Waals surface area contributed by atoms with E-state index in [-0.39, 0.29) is 0 Å². The predicted octanol–water partition coefficient (Wildman–Crippen LogP) is 4.63. The molecule has 0 aromatic carbocycles. The molecule has 0 bridgehead atoms. The Morgan fingerprint density at radius 2 is 2.00 bits per heavy atom. The van der Waals surface area contributed by atoms with Crippen molar-refractivity contribution < 1.29 is 0 Å². The zero-order valence-corrected chi connectivity index (χ0v) is 11.9. The zero-order valence-electron chi connectivity index (χ0n) is 11.9. The van der Waals surface area contributed by atoms with Crippen molar-refractivity contribution in [2.45, 2.75) is 52.9 Å². The highest BCUT2D eigenvalue weighted by atomic mass is 14.6. The summed E-state index contributed by atoms with van der Waals surface area (Å²) in [6, 6.07) is 0. The van der Waals surface area contributed by atoms with Crippen LogP contribution in [0, 0.1) is 5.41 Å². The molecule has 2 N–H and O–H groups in total. The Labute approximate surface area is 111 Å². The van der Waals surface area contributed by atoms with Gasteiger partial charge in [-0.05, 0) is 55.6 Å². The second-order valence-electron chi connectivity index (χ2n) is 6.19. The van der Waals surface area contributed by atoms with E-state index in [1.807, 2.05) is 0 Å². The molecule has 0 saturated heterocycles. The lowest BCUT2D eigenvalue weighted by atomic mass is 9.72. The molecule has 2 aliphatic carbocycles. The molecule has 0 heterocycles. The average molecular weight is 243 g/mol. The maximum Gasteiger partial charge on any atom is 0.0157 e. The fraction of sp³-hybridized carbons (Fsp3) is 0.529. The van der Waals surface area contributed by atoms with Crippen LogP contribution in [0.15, 0.2) is 46.7 Å². The van der Waals surface area contributed by atoms with E-state index in [0.29, 0.717) is 5.41 Å². The first-order valence-corrected chi connectivity index (χ1v) is 7.04. The average Bonchev–Trinajstić information content (AvgIpc) is 2.30. The summed E-state index contributed by atoms with van der Waals surface area (Å²) < 4.78 is 0. The molecule has 0 saturated carbocycles. The molecule has 0 fully saturated rings. The molecule has 2 aliphatic rings. The van der Waals surface area contributed by atoms with Gasteiger partial charge in [0, 0.05) is 5.70 Å². The Morgan fingerprint density at radius 3 is 2.67 bits per heavy atom. The number of hydrogen-bond donors (Lipinski definition) is 1. The summed E-state index contributed by atoms with van der Waals surface area (Å²) in [7, 11) is 0. The maximum atomic E-state index is 6.06. The summed E-state index contributed by atoms with van der Waals surface area (Å²) in [5.74, 6) is 0. The molecule has 98 valence electrons. The van der Waals surface area contributed by atoms with E-state index in [2.05, 4.69) is 45.1 Å². The van der Waals surface area contributed by atoms with Gasteiger partial charge in [-0.1, -0.05) is 43.7 Å². The third kappa shape index (κ3) is 2.77. The van der Waals surface area contributed by atoms with E-state index in [0.717, 1.165) is 18.5 Å². The third-order valence-electron chi connectivity index (χ3n) is 4.22. The molecule has 0 aromatic rings. The van der Waals surface area contributed by atoms with Gasteiger partial charge in [-0.3, -0.25) is 0 Å². The van der Waals surface area contributed by atoms with Crippen LogP contribution in [0.4, 0.5) is 0 Å². The van der Waals surface area contributed by atoms with Crippen molar-refractivity contribution in [2.24, 2.45) is 11.1 Å². The Kier molecular flexibility index (Phi) is 3.79. The van der Waals surface area contributed by atoms with Crippen LogP contribution in [0.25, 0.3) is 0 Å². The third-order valence-corrected chi connectivity index (χ3v) is 4.22. The summed E-state index contributed by atoms with van der Waals surface area (Å²) in [6.45, 7) is 6.97. The fourth-order valence-electron chi connectivity index (χ4n) is 3.05. The molecule has 1 heteroatoms. The minimum Gasteiger partial charge on any atom is -0.402 e. The second kappa shape index (κ2) is 5.17. The van der Waals surface area contributed by atoms with Gasteiger partial charge in [-0.2, -0.15) is 0 Å². The van der Waals surface area contributed by atoms with Crippen LogP contribution in [0.2, 0.25) is 0 Å². The van der Waals surface area contributed by atoms with Gasteiger partial charge in [-0.25, -0.2) is 0 Å². The van der Waals surface area contributed by atoms with E-state index in [9.17, 15) is 0 Å². The summed E-state index contributed by atoms with van der Waals surface area (Å²) in [6.07, 6.45) is 14.8. The molecular weight excluding hydrogens is 218 g/mol. The number of rotatable bonds is 2. The molecule has 1 nitrogen and oxygen atoms in total. The normalized spacial score (nSPS) is 24.2. The van der Waals surface area contributed by atoms with Gasteiger partial charge < -0.3 is 5.73 Å². The van der Waals surface area contributed by atoms with Crippen LogP contribution in [0.3, 0.4) is 0 Å². The Balaban J connectivity index is 2.25. The van der Waals surface area contributed by atoms with Crippen LogP contribution >= 0.6 is 0 Å². The SMILES string of the molecule is CC1=C(/C=C/C2=C(N)CCC=C2)C(C)(C)CCC1. The molecule has 0 amide bonds. The quantitative estimate of drug-likeness (QED) is 0.751. The first kappa shape index (κ1) is 13.2. The Morgan fingerprint density at radius 1 is 1.22 bits per heavy atom. The number of nitrogens with two attached hydrogens (primary N) is 1. The van der Waals surface area contributed by atoms with Crippen molar-refractivity contribution in [3.63, 3.8) is 0 Å². The summed E-state index contributed by atoms with van der Waals surface area (Å²) in [5, 5.41) is 0. The topological polar surface area (TPSA) is 26.0 Å². The summed E-state index contributed by atoms with van der Waals surface area (Å²) in [4.78, 5) is 0. The number of allylic oxidation sites excluding steroid dienone is 8. The van der Waals surface area contributed by atoms with Crippen LogP contribution < -0.4 is 5.73 Å². The molecule has 0 unspecified atom stereocenters. The van der Waals surface area contributed by atoms with Gasteiger partial charge in [0.05, 0.1) is 0 Å². The largest absolute Gasteiger partial charge is 0.402 e. The van der Waals surface area contributed by atoms with Crippen molar-refractivity contribution >= 4 is 0 Å². The van der Waals surface area contributed by atoms with Crippen molar-refractivity contribution in [2.75, 3.05) is 0 Å². The van der Waals surface area contributed by atoms with Crippen molar-refractivity contribution in [3.05, 3.63) is 46.7 Å². The highest BCUT2D eigenvalue weighted by Crippen LogP contribution is 2.40. The van der Waals surface area contributed by atoms with Crippen LogP contribution in [-0.4, -0.2) is 0 Å². The first-order valence-electron chi connectivity index (χ1n) is 7.04. The fourth-order valence-corrected chi connectivity index (χ4v) is 3.05. The highest BCUT2D eigenvalue weighted by Gasteiger charge is 2.26. The standard InChI is InChI=1S/C17H25N/c1-13-7-6-12-17(2,3)15(13)11-10-14-8-4-5-9-16(14)18/h4,8,10-11H,5-7,9,12,18H2,1-3H3/b11-10+. The van der Waals surface area contributed by atoms with Gasteiger partial charge >= 0.3 is 0 Å². The second-order valence-corrected chi connectivity index (χ2v) is 6.19. The van der Waals surface area contributed by atoms with Gasteiger partial charge in [0.1, 0.15) is 0 Å². The van der Waals surface area contributed by atoms with Crippen LogP contribution in [-0.2, 0) is 0 Å². The molecule has 2 rings (SSSR count). The lowest BCUT2D eigenvalue weighted by Gasteiger charge is -2.33. The van der Waals surface area contributed by atoms with Gasteiger partial charge in [-0.15, -0.1) is 0 Å². The highest BCUT2D eigenvalue weighted by molar-refractivity contribution is 5.42. The van der Waals surface area contributed by atoms with E-state index < -0.39 is 0 Å². The molecule has 0 spiro atoms. The molecule has 0 radical (unpaired) electrons. The minimum absolute atomic E-state index is 0.312. The predicted molar refractivity (Wildman–Crippen MR) is 79.1 cm³/mol. The van der Waals surface area contributed by atoms with Crippen molar-refractivity contribution in [3.8, 4) is 0 Å². The smallest absolute Gasteiger partial charge is 0.0157 e. The molecule has 0 aromatic heterocycles.